The molecule has 1 heterocycles. The second-order valence-corrected chi connectivity index (χ2v) is 7.52. The van der Waals surface area contributed by atoms with Gasteiger partial charge >= 0.3 is 12.0 Å². The molecule has 1 aromatic rings. The van der Waals surface area contributed by atoms with Crippen LogP contribution >= 0.6 is 0 Å². The molecule has 3 rings (SSSR count). The van der Waals surface area contributed by atoms with Crippen LogP contribution in [-0.4, -0.2) is 41.7 Å². The molecule has 2 N–H and O–H groups in total. The summed E-state index contributed by atoms with van der Waals surface area (Å²) in [5.41, 5.74) is 0.258. The molecule has 0 radical (unpaired) electrons. The van der Waals surface area contributed by atoms with Gasteiger partial charge in [-0.25, -0.2) is 4.79 Å². The van der Waals surface area contributed by atoms with Crippen LogP contribution in [0.15, 0.2) is 24.3 Å². The number of rotatable bonds is 6. The number of urea groups is 1. The van der Waals surface area contributed by atoms with E-state index in [-0.39, 0.29) is 18.0 Å². The molecule has 2 amide bonds. The Morgan fingerprint density at radius 1 is 1.38 bits per heavy atom. The van der Waals surface area contributed by atoms with Gasteiger partial charge < -0.3 is 20.1 Å². The number of carboxylic acid groups (broad SMARTS) is 1. The summed E-state index contributed by atoms with van der Waals surface area (Å²) in [6.45, 7) is 5.54. The Bertz CT molecular complexity index is 660. The second kappa shape index (κ2) is 7.56. The molecule has 142 valence electrons. The molecule has 1 unspecified atom stereocenters. The monoisotopic (exact) mass is 360 g/mol. The molecule has 0 spiro atoms. The molecule has 6 nitrogen and oxygen atoms in total. The van der Waals surface area contributed by atoms with E-state index in [9.17, 15) is 14.7 Å². The van der Waals surface area contributed by atoms with Crippen LogP contribution in [0.4, 0.5) is 4.79 Å². The van der Waals surface area contributed by atoms with Gasteiger partial charge in [-0.2, -0.15) is 0 Å². The standard InChI is InChI=1S/C20H28N2O4/c1-3-11-26-17-8-6-15(7-9-17)14(2)21-19(25)22-12-16-5-4-10-20(16,13-22)18(23)24/h6-9,14,16H,3-5,10-13H2,1-2H3,(H,21,25)(H,23,24)/t14?,16-,20+/m0/s1. The maximum atomic E-state index is 12.6. The van der Waals surface area contributed by atoms with E-state index in [1.54, 1.807) is 4.90 Å². The van der Waals surface area contributed by atoms with E-state index in [0.29, 0.717) is 26.1 Å². The van der Waals surface area contributed by atoms with Gasteiger partial charge in [0.15, 0.2) is 0 Å². The third-order valence-electron chi connectivity index (χ3n) is 5.78. The summed E-state index contributed by atoms with van der Waals surface area (Å²) in [5.74, 6) is 0.145. The van der Waals surface area contributed by atoms with Crippen LogP contribution in [0.2, 0.25) is 0 Å². The summed E-state index contributed by atoms with van der Waals surface area (Å²) >= 11 is 0. The first-order valence-corrected chi connectivity index (χ1v) is 9.48. The number of hydrogen-bond acceptors (Lipinski definition) is 3. The zero-order valence-corrected chi connectivity index (χ0v) is 15.5. The fourth-order valence-corrected chi connectivity index (χ4v) is 4.23. The lowest BCUT2D eigenvalue weighted by Crippen LogP contribution is -2.42. The number of carbonyl (C=O) groups excluding carboxylic acids is 1. The first-order chi connectivity index (χ1) is 12.5. The normalized spacial score (nSPS) is 25.6. The van der Waals surface area contributed by atoms with Gasteiger partial charge in [-0.1, -0.05) is 25.5 Å². The number of ether oxygens (including phenoxy) is 1. The minimum atomic E-state index is -0.758. The van der Waals surface area contributed by atoms with E-state index in [4.69, 9.17) is 4.74 Å². The lowest BCUT2D eigenvalue weighted by atomic mass is 9.81. The van der Waals surface area contributed by atoms with E-state index in [0.717, 1.165) is 30.6 Å². The number of benzene rings is 1. The molecule has 1 saturated carbocycles. The second-order valence-electron chi connectivity index (χ2n) is 7.52. The van der Waals surface area contributed by atoms with E-state index >= 15 is 0 Å². The molecule has 6 heteroatoms. The SMILES string of the molecule is CCCOc1ccc(C(C)NC(=O)N2C[C@@H]3CCC[C@@]3(C(=O)O)C2)cc1. The van der Waals surface area contributed by atoms with Gasteiger partial charge in [-0.3, -0.25) is 4.79 Å². The number of likely N-dealkylation sites (tertiary alicyclic amines) is 1. The largest absolute Gasteiger partial charge is 0.494 e. The smallest absolute Gasteiger partial charge is 0.317 e. The third kappa shape index (κ3) is 3.50. The van der Waals surface area contributed by atoms with Crippen LogP contribution in [0.5, 0.6) is 5.75 Å². The molecule has 0 bridgehead atoms. The maximum Gasteiger partial charge on any atom is 0.317 e. The fourth-order valence-electron chi connectivity index (χ4n) is 4.23. The summed E-state index contributed by atoms with van der Waals surface area (Å²) in [6, 6.07) is 7.39. The number of fused-ring (bicyclic) bond motifs is 1. The van der Waals surface area contributed by atoms with Gasteiger partial charge in [0.05, 0.1) is 18.1 Å². The lowest BCUT2D eigenvalue weighted by Gasteiger charge is -2.24. The van der Waals surface area contributed by atoms with E-state index < -0.39 is 11.4 Å². The highest BCUT2D eigenvalue weighted by Crippen LogP contribution is 2.48. The molecule has 1 aliphatic carbocycles. The highest BCUT2D eigenvalue weighted by Gasteiger charge is 2.55. The minimum absolute atomic E-state index is 0.0797. The minimum Gasteiger partial charge on any atom is -0.494 e. The zero-order chi connectivity index (χ0) is 18.7. The summed E-state index contributed by atoms with van der Waals surface area (Å²) < 4.78 is 5.58. The van der Waals surface area contributed by atoms with Crippen molar-refractivity contribution in [2.45, 2.75) is 45.6 Å². The van der Waals surface area contributed by atoms with Gasteiger partial charge in [0, 0.05) is 13.1 Å². The summed E-state index contributed by atoms with van der Waals surface area (Å²) in [7, 11) is 0. The molecule has 1 aromatic carbocycles. The molecule has 0 aromatic heterocycles. The van der Waals surface area contributed by atoms with Gasteiger partial charge in [0.25, 0.3) is 0 Å². The average molecular weight is 360 g/mol. The van der Waals surface area contributed by atoms with E-state index in [1.807, 2.05) is 31.2 Å². The predicted molar refractivity (Wildman–Crippen MR) is 98.2 cm³/mol. The Morgan fingerprint density at radius 3 is 2.73 bits per heavy atom. The van der Waals surface area contributed by atoms with Crippen LogP contribution < -0.4 is 10.1 Å². The fraction of sp³-hybridized carbons (Fsp3) is 0.600. The Hall–Kier alpha value is -2.24. The van der Waals surface area contributed by atoms with Crippen molar-refractivity contribution < 1.29 is 19.4 Å². The topological polar surface area (TPSA) is 78.9 Å². The van der Waals surface area contributed by atoms with Gasteiger partial charge in [-0.05, 0) is 49.8 Å². The number of amides is 2. The van der Waals surface area contributed by atoms with Gasteiger partial charge in [0.2, 0.25) is 0 Å². The number of nitrogens with zero attached hydrogens (tertiary/aromatic N) is 1. The first-order valence-electron chi connectivity index (χ1n) is 9.48. The summed E-state index contributed by atoms with van der Waals surface area (Å²) in [6.07, 6.45) is 3.47. The zero-order valence-electron chi connectivity index (χ0n) is 15.5. The van der Waals surface area contributed by atoms with Crippen molar-refractivity contribution >= 4 is 12.0 Å². The highest BCUT2D eigenvalue weighted by molar-refractivity contribution is 5.80. The molecule has 1 aliphatic heterocycles. The lowest BCUT2D eigenvalue weighted by molar-refractivity contribution is -0.149. The molecule has 2 fully saturated rings. The number of hydrogen-bond donors (Lipinski definition) is 2. The molecule has 1 saturated heterocycles. The summed E-state index contributed by atoms with van der Waals surface area (Å²) in [5, 5.41) is 12.7. The van der Waals surface area contributed by atoms with E-state index in [2.05, 4.69) is 12.2 Å². The maximum absolute atomic E-state index is 12.6. The Kier molecular flexibility index (Phi) is 5.39. The van der Waals surface area contributed by atoms with Crippen molar-refractivity contribution in [3.63, 3.8) is 0 Å². The molecule has 26 heavy (non-hydrogen) atoms. The first kappa shape index (κ1) is 18.5. The van der Waals surface area contributed by atoms with Crippen molar-refractivity contribution in [2.24, 2.45) is 11.3 Å². The molecule has 2 aliphatic rings. The number of carboxylic acids is 1. The van der Waals surface area contributed by atoms with Crippen LogP contribution in [0.1, 0.15) is 51.1 Å². The molecular weight excluding hydrogens is 332 g/mol. The van der Waals surface area contributed by atoms with Gasteiger partial charge in [0.1, 0.15) is 5.75 Å². The number of nitrogens with one attached hydrogen (secondary N) is 1. The number of aliphatic carboxylic acids is 1. The Morgan fingerprint density at radius 2 is 2.12 bits per heavy atom. The average Bonchev–Trinajstić information content (AvgIpc) is 3.19. The summed E-state index contributed by atoms with van der Waals surface area (Å²) in [4.78, 5) is 26.1. The van der Waals surface area contributed by atoms with Crippen LogP contribution in [0.3, 0.4) is 0 Å². The van der Waals surface area contributed by atoms with Crippen molar-refractivity contribution in [1.29, 1.82) is 0 Å². The van der Waals surface area contributed by atoms with Crippen LogP contribution in [0.25, 0.3) is 0 Å². The predicted octanol–water partition coefficient (Wildman–Crippen LogP) is 3.43. The van der Waals surface area contributed by atoms with Crippen molar-refractivity contribution in [1.82, 2.24) is 10.2 Å². The quantitative estimate of drug-likeness (QED) is 0.815. The van der Waals surface area contributed by atoms with Crippen LogP contribution in [-0.2, 0) is 4.79 Å². The molecule has 3 atom stereocenters. The Labute approximate surface area is 154 Å². The van der Waals surface area contributed by atoms with Crippen molar-refractivity contribution in [2.75, 3.05) is 19.7 Å². The van der Waals surface area contributed by atoms with Crippen molar-refractivity contribution in [3.05, 3.63) is 29.8 Å². The van der Waals surface area contributed by atoms with E-state index in [1.165, 1.54) is 0 Å². The highest BCUT2D eigenvalue weighted by atomic mass is 16.5. The van der Waals surface area contributed by atoms with Crippen LogP contribution in [0, 0.1) is 11.3 Å². The van der Waals surface area contributed by atoms with Crippen molar-refractivity contribution in [3.8, 4) is 5.75 Å². The third-order valence-corrected chi connectivity index (χ3v) is 5.78. The Balaban J connectivity index is 1.59. The molecular formula is C20H28N2O4. The van der Waals surface area contributed by atoms with Gasteiger partial charge in [-0.15, -0.1) is 0 Å². The number of carbonyl (C=O) groups is 2.